The monoisotopic (exact) mass is 276 g/mol. The van der Waals surface area contributed by atoms with Crippen molar-refractivity contribution in [3.8, 4) is 5.75 Å². The van der Waals surface area contributed by atoms with Gasteiger partial charge in [-0.05, 0) is 17.5 Å². The molecule has 1 aromatic carbocycles. The first-order valence-corrected chi connectivity index (χ1v) is 6.60. The van der Waals surface area contributed by atoms with Gasteiger partial charge in [0.1, 0.15) is 5.75 Å². The van der Waals surface area contributed by atoms with Gasteiger partial charge in [-0.3, -0.25) is 4.79 Å². The van der Waals surface area contributed by atoms with Crippen LogP contribution >= 0.6 is 0 Å². The van der Waals surface area contributed by atoms with Crippen molar-refractivity contribution in [1.82, 2.24) is 5.32 Å². The molecule has 108 valence electrons. The lowest BCUT2D eigenvalue weighted by Crippen LogP contribution is -2.58. The Morgan fingerprint density at radius 3 is 2.55 bits per heavy atom. The van der Waals surface area contributed by atoms with Crippen LogP contribution in [-0.4, -0.2) is 25.1 Å². The van der Waals surface area contributed by atoms with Crippen molar-refractivity contribution < 1.29 is 14.3 Å². The molecule has 0 aliphatic carbocycles. The zero-order chi connectivity index (χ0) is 14.9. The average Bonchev–Trinajstić information content (AvgIpc) is 2.37. The molecule has 1 unspecified atom stereocenters. The fourth-order valence-electron chi connectivity index (χ4n) is 2.18. The maximum absolute atomic E-state index is 12.3. The molecule has 1 N–H and O–H groups in total. The molecule has 2 rings (SSSR count). The molecular formula is C15H20N2O3. The van der Waals surface area contributed by atoms with Crippen LogP contribution in [-0.2, 0) is 4.79 Å². The predicted octanol–water partition coefficient (Wildman–Crippen LogP) is 2.56. The van der Waals surface area contributed by atoms with Crippen LogP contribution < -0.4 is 15.0 Å². The van der Waals surface area contributed by atoms with Crippen LogP contribution in [0.4, 0.5) is 10.5 Å². The van der Waals surface area contributed by atoms with Crippen LogP contribution in [0.2, 0.25) is 0 Å². The van der Waals surface area contributed by atoms with E-state index in [4.69, 9.17) is 4.74 Å². The summed E-state index contributed by atoms with van der Waals surface area (Å²) in [6.07, 6.45) is 0.298. The number of amides is 3. The molecule has 1 aliphatic rings. The zero-order valence-electron chi connectivity index (χ0n) is 12.3. The lowest BCUT2D eigenvalue weighted by Gasteiger charge is -2.38. The van der Waals surface area contributed by atoms with E-state index in [1.165, 1.54) is 4.90 Å². The molecule has 3 amide bonds. The van der Waals surface area contributed by atoms with Gasteiger partial charge in [0.25, 0.3) is 0 Å². The molecule has 1 atom stereocenters. The van der Waals surface area contributed by atoms with Gasteiger partial charge < -0.3 is 10.1 Å². The van der Waals surface area contributed by atoms with Gasteiger partial charge in [0.05, 0.1) is 12.8 Å². The molecule has 0 spiro atoms. The maximum atomic E-state index is 12.3. The highest BCUT2D eigenvalue weighted by Gasteiger charge is 2.38. The van der Waals surface area contributed by atoms with Gasteiger partial charge in [0.2, 0.25) is 5.91 Å². The number of rotatable bonds is 2. The van der Waals surface area contributed by atoms with Gasteiger partial charge in [-0.25, -0.2) is 9.69 Å². The van der Waals surface area contributed by atoms with Crippen LogP contribution in [0.15, 0.2) is 24.3 Å². The van der Waals surface area contributed by atoms with E-state index in [1.54, 1.807) is 31.4 Å². The zero-order valence-corrected chi connectivity index (χ0v) is 12.3. The van der Waals surface area contributed by atoms with E-state index in [0.717, 1.165) is 0 Å². The fraction of sp³-hybridized carbons (Fsp3) is 0.467. The Labute approximate surface area is 118 Å². The van der Waals surface area contributed by atoms with E-state index in [0.29, 0.717) is 17.9 Å². The van der Waals surface area contributed by atoms with E-state index in [-0.39, 0.29) is 23.4 Å². The lowest BCUT2D eigenvalue weighted by molar-refractivity contribution is -0.119. The molecule has 1 saturated heterocycles. The molecule has 0 saturated carbocycles. The first kappa shape index (κ1) is 14.4. The van der Waals surface area contributed by atoms with Crippen LogP contribution in [0.5, 0.6) is 5.75 Å². The van der Waals surface area contributed by atoms with Crippen LogP contribution in [0.25, 0.3) is 0 Å². The quantitative estimate of drug-likeness (QED) is 0.903. The smallest absolute Gasteiger partial charge is 0.328 e. The fourth-order valence-corrected chi connectivity index (χ4v) is 2.18. The van der Waals surface area contributed by atoms with Crippen molar-refractivity contribution in [3.63, 3.8) is 0 Å². The van der Waals surface area contributed by atoms with Crippen LogP contribution in [0.3, 0.4) is 0 Å². The van der Waals surface area contributed by atoms with Crippen molar-refractivity contribution >= 4 is 17.6 Å². The highest BCUT2D eigenvalue weighted by atomic mass is 16.5. The Morgan fingerprint density at radius 2 is 2.00 bits per heavy atom. The third kappa shape index (κ3) is 2.76. The molecule has 0 radical (unpaired) electrons. The van der Waals surface area contributed by atoms with Crippen molar-refractivity contribution in [2.45, 2.75) is 33.2 Å². The molecule has 5 heteroatoms. The molecular weight excluding hydrogens is 256 g/mol. The molecule has 20 heavy (non-hydrogen) atoms. The average molecular weight is 276 g/mol. The van der Waals surface area contributed by atoms with Gasteiger partial charge in [0.15, 0.2) is 0 Å². The van der Waals surface area contributed by atoms with E-state index >= 15 is 0 Å². The SMILES string of the molecule is COc1cccc(N2C(=O)CC(C(C)(C)C)NC2=O)c1. The molecule has 1 heterocycles. The Kier molecular flexibility index (Phi) is 3.70. The Bertz CT molecular complexity index is 516. The minimum atomic E-state index is -0.380. The Balaban J connectivity index is 2.26. The number of imide groups is 1. The minimum absolute atomic E-state index is 0.147. The molecule has 1 aliphatic heterocycles. The molecule has 1 aromatic rings. The van der Waals surface area contributed by atoms with Crippen LogP contribution in [0.1, 0.15) is 27.2 Å². The predicted molar refractivity (Wildman–Crippen MR) is 76.9 cm³/mol. The number of carbonyl (C=O) groups is 2. The molecule has 0 aromatic heterocycles. The summed E-state index contributed by atoms with van der Waals surface area (Å²) in [6, 6.07) is 6.39. The van der Waals surface area contributed by atoms with E-state index in [1.807, 2.05) is 20.8 Å². The summed E-state index contributed by atoms with van der Waals surface area (Å²) < 4.78 is 5.12. The first-order chi connectivity index (χ1) is 9.32. The number of urea groups is 1. The minimum Gasteiger partial charge on any atom is -0.497 e. The van der Waals surface area contributed by atoms with Crippen molar-refractivity contribution in [1.29, 1.82) is 0 Å². The lowest BCUT2D eigenvalue weighted by atomic mass is 9.83. The number of carbonyl (C=O) groups excluding carboxylic acids is 2. The second kappa shape index (κ2) is 5.15. The summed E-state index contributed by atoms with van der Waals surface area (Å²) in [5.41, 5.74) is 0.380. The molecule has 5 nitrogen and oxygen atoms in total. The third-order valence-electron chi connectivity index (χ3n) is 3.49. The van der Waals surface area contributed by atoms with Crippen LogP contribution in [0, 0.1) is 5.41 Å². The Morgan fingerprint density at radius 1 is 1.30 bits per heavy atom. The van der Waals surface area contributed by atoms with E-state index in [9.17, 15) is 9.59 Å². The van der Waals surface area contributed by atoms with Crippen molar-refractivity contribution in [3.05, 3.63) is 24.3 Å². The summed E-state index contributed by atoms with van der Waals surface area (Å²) >= 11 is 0. The topological polar surface area (TPSA) is 58.6 Å². The summed E-state index contributed by atoms with van der Waals surface area (Å²) in [5.74, 6) is 0.419. The van der Waals surface area contributed by atoms with Gasteiger partial charge in [0, 0.05) is 18.5 Å². The second-order valence-electron chi connectivity index (χ2n) is 6.00. The number of ether oxygens (including phenoxy) is 1. The van der Waals surface area contributed by atoms with E-state index in [2.05, 4.69) is 5.32 Å². The van der Waals surface area contributed by atoms with Gasteiger partial charge in [-0.1, -0.05) is 26.8 Å². The highest BCUT2D eigenvalue weighted by Crippen LogP contribution is 2.29. The Hall–Kier alpha value is -2.04. The number of anilines is 1. The summed E-state index contributed by atoms with van der Waals surface area (Å²) in [4.78, 5) is 25.7. The maximum Gasteiger partial charge on any atom is 0.328 e. The third-order valence-corrected chi connectivity index (χ3v) is 3.49. The first-order valence-electron chi connectivity index (χ1n) is 6.60. The molecule has 0 bridgehead atoms. The summed E-state index contributed by atoms with van der Waals surface area (Å²) in [7, 11) is 1.55. The second-order valence-corrected chi connectivity index (χ2v) is 6.00. The molecule has 1 fully saturated rings. The van der Waals surface area contributed by atoms with E-state index < -0.39 is 0 Å². The van der Waals surface area contributed by atoms with Crippen molar-refractivity contribution in [2.24, 2.45) is 5.41 Å². The van der Waals surface area contributed by atoms with Gasteiger partial charge >= 0.3 is 6.03 Å². The summed E-state index contributed by atoms with van der Waals surface area (Å²) in [5, 5.41) is 2.90. The number of benzene rings is 1. The van der Waals surface area contributed by atoms with Gasteiger partial charge in [-0.15, -0.1) is 0 Å². The number of nitrogens with one attached hydrogen (secondary N) is 1. The summed E-state index contributed by atoms with van der Waals surface area (Å²) in [6.45, 7) is 6.02. The normalized spacial score (nSPS) is 19.8. The number of hydrogen-bond acceptors (Lipinski definition) is 3. The number of hydrogen-bond donors (Lipinski definition) is 1. The van der Waals surface area contributed by atoms with Gasteiger partial charge in [-0.2, -0.15) is 0 Å². The largest absolute Gasteiger partial charge is 0.497 e. The standard InChI is InChI=1S/C15H20N2O3/c1-15(2,3)12-9-13(18)17(14(19)16-12)10-6-5-7-11(8-10)20-4/h5-8,12H,9H2,1-4H3,(H,16,19). The number of nitrogens with zero attached hydrogens (tertiary/aromatic N) is 1. The highest BCUT2D eigenvalue weighted by molar-refractivity contribution is 6.16. The number of methoxy groups -OCH3 is 1. The van der Waals surface area contributed by atoms with Crippen molar-refractivity contribution in [2.75, 3.05) is 12.0 Å².